The molecular weight excluding hydrogens is 511 g/mol. The number of Topliss-reactive ketones (excluding diaryl/α,β-unsaturated/α-hetero) is 1. The number of hydrogen-bond donors (Lipinski definition) is 1. The lowest BCUT2D eigenvalue weighted by molar-refractivity contribution is -0.274. The second-order valence-corrected chi connectivity index (χ2v) is 7.78. The van der Waals surface area contributed by atoms with Crippen LogP contribution in [0.1, 0.15) is 64.0 Å². The third-order valence-corrected chi connectivity index (χ3v) is 4.79. The van der Waals surface area contributed by atoms with Crippen LogP contribution in [0.15, 0.2) is 67.8 Å². The molecule has 0 saturated carbocycles. The summed E-state index contributed by atoms with van der Waals surface area (Å²) in [5.74, 6) is -1.55. The van der Waals surface area contributed by atoms with E-state index in [1.807, 2.05) is 26.8 Å². The van der Waals surface area contributed by atoms with Crippen molar-refractivity contribution in [3.8, 4) is 17.2 Å². The Labute approximate surface area is 228 Å². The van der Waals surface area contributed by atoms with Crippen molar-refractivity contribution in [2.24, 2.45) is 0 Å². The highest BCUT2D eigenvalue weighted by molar-refractivity contribution is 6.09. The number of alkyl halides is 3. The molecule has 1 unspecified atom stereocenters. The second kappa shape index (κ2) is 16.8. The summed E-state index contributed by atoms with van der Waals surface area (Å²) in [5, 5.41) is 9.50. The third-order valence-electron chi connectivity index (χ3n) is 4.79. The van der Waals surface area contributed by atoms with Gasteiger partial charge in [0.25, 0.3) is 0 Å². The first-order chi connectivity index (χ1) is 18.3. The van der Waals surface area contributed by atoms with Crippen molar-refractivity contribution in [3.63, 3.8) is 0 Å². The van der Waals surface area contributed by atoms with Crippen LogP contribution in [0, 0.1) is 6.92 Å². The molecule has 1 atom stereocenters. The lowest BCUT2D eigenvalue weighted by Crippen LogP contribution is -2.22. The number of carboxylic acids is 1. The molecule has 1 heterocycles. The van der Waals surface area contributed by atoms with E-state index in [4.69, 9.17) is 9.84 Å². The molecule has 39 heavy (non-hydrogen) atoms. The Hall–Kier alpha value is -4.01. The number of benzene rings is 2. The first-order valence-corrected chi connectivity index (χ1v) is 12.4. The minimum Gasteiger partial charge on any atom is -0.479 e. The van der Waals surface area contributed by atoms with E-state index in [2.05, 4.69) is 24.8 Å². The molecule has 0 bridgehead atoms. The van der Waals surface area contributed by atoms with Crippen LogP contribution >= 0.6 is 0 Å². The Morgan fingerprint density at radius 1 is 1.10 bits per heavy atom. The molecule has 9 heteroatoms. The van der Waals surface area contributed by atoms with Crippen LogP contribution in [0.3, 0.4) is 0 Å². The van der Waals surface area contributed by atoms with E-state index in [1.54, 1.807) is 41.8 Å². The number of aromatic nitrogens is 1. The molecule has 0 aliphatic carbocycles. The SMILES string of the molecule is C=CC.C=CCC.CC.CC(=O)c1c(C)n(-c2cccc(OC(C)C(=O)O)c2)c2cc(OC(F)(F)F)ccc12. The van der Waals surface area contributed by atoms with Gasteiger partial charge in [-0.15, -0.1) is 26.3 Å². The minimum atomic E-state index is -4.86. The molecule has 0 aliphatic rings. The zero-order valence-electron chi connectivity index (χ0n) is 23.6. The summed E-state index contributed by atoms with van der Waals surface area (Å²) >= 11 is 0. The highest BCUT2D eigenvalue weighted by atomic mass is 19.4. The van der Waals surface area contributed by atoms with Crippen molar-refractivity contribution in [2.45, 2.75) is 67.4 Å². The molecule has 0 fully saturated rings. The van der Waals surface area contributed by atoms with Crippen molar-refractivity contribution in [2.75, 3.05) is 0 Å². The molecule has 3 aromatic rings. The van der Waals surface area contributed by atoms with Gasteiger partial charge in [0.1, 0.15) is 11.5 Å². The van der Waals surface area contributed by atoms with Gasteiger partial charge in [0.15, 0.2) is 11.9 Å². The summed E-state index contributed by atoms with van der Waals surface area (Å²) in [6.07, 6.45) is -1.24. The second-order valence-electron chi connectivity index (χ2n) is 7.78. The maximum Gasteiger partial charge on any atom is 0.573 e. The minimum absolute atomic E-state index is 0.243. The Morgan fingerprint density at radius 2 is 1.67 bits per heavy atom. The Kier molecular flexibility index (Phi) is 15.0. The van der Waals surface area contributed by atoms with Gasteiger partial charge in [-0.25, -0.2) is 4.79 Å². The lowest BCUT2D eigenvalue weighted by Gasteiger charge is -2.14. The van der Waals surface area contributed by atoms with Crippen molar-refractivity contribution >= 4 is 22.7 Å². The zero-order valence-corrected chi connectivity index (χ0v) is 23.6. The van der Waals surface area contributed by atoms with Gasteiger partial charge in [-0.05, 0) is 58.4 Å². The maximum atomic E-state index is 12.7. The number of halogens is 3. The molecule has 1 N–H and O–H groups in total. The summed E-state index contributed by atoms with van der Waals surface area (Å²) in [6, 6.07) is 10.2. The Balaban J connectivity index is 0.00000142. The first kappa shape index (κ1) is 35.0. The van der Waals surface area contributed by atoms with Crippen molar-refractivity contribution in [1.29, 1.82) is 0 Å². The molecule has 1 aromatic heterocycles. The number of rotatable bonds is 7. The standard InChI is InChI=1S/C21H18F3NO5.C4H8.C3H6.C2H6/c1-11-19(12(2)26)17-8-7-16(30-21(22,23)24)10-18(17)25(11)14-5-4-6-15(9-14)29-13(3)20(27)28;1-3-4-2;1-3-2;1-2/h4-10,13H,1-3H3,(H,27,28);3H,1,4H2,2H3;3H,1H2,2H3;1-2H3. The number of ketones is 1. The van der Waals surface area contributed by atoms with Crippen LogP contribution in [0.2, 0.25) is 0 Å². The number of aliphatic carboxylic acids is 1. The van der Waals surface area contributed by atoms with Gasteiger partial charge >= 0.3 is 12.3 Å². The van der Waals surface area contributed by atoms with Crippen molar-refractivity contribution in [3.05, 3.63) is 79.0 Å². The number of hydrogen-bond acceptors (Lipinski definition) is 4. The summed E-state index contributed by atoms with van der Waals surface area (Å²) in [7, 11) is 0. The van der Waals surface area contributed by atoms with E-state index >= 15 is 0 Å². The van der Waals surface area contributed by atoms with Crippen LogP contribution in [0.4, 0.5) is 13.2 Å². The van der Waals surface area contributed by atoms with E-state index in [0.29, 0.717) is 27.8 Å². The van der Waals surface area contributed by atoms with E-state index in [0.717, 1.165) is 12.5 Å². The monoisotopic (exact) mass is 549 g/mol. The molecule has 3 rings (SSSR count). The Bertz CT molecular complexity index is 1250. The Morgan fingerprint density at radius 3 is 2.13 bits per heavy atom. The summed E-state index contributed by atoms with van der Waals surface area (Å²) in [4.78, 5) is 23.3. The van der Waals surface area contributed by atoms with Crippen molar-refractivity contribution in [1.82, 2.24) is 4.57 Å². The highest BCUT2D eigenvalue weighted by Gasteiger charge is 2.31. The predicted octanol–water partition coefficient (Wildman–Crippen LogP) is 8.69. The molecule has 0 aliphatic heterocycles. The van der Waals surface area contributed by atoms with Gasteiger partial charge < -0.3 is 19.1 Å². The lowest BCUT2D eigenvalue weighted by atomic mass is 10.1. The van der Waals surface area contributed by atoms with Gasteiger partial charge in [0.2, 0.25) is 0 Å². The van der Waals surface area contributed by atoms with Gasteiger partial charge in [-0.1, -0.05) is 39.0 Å². The van der Waals surface area contributed by atoms with Gasteiger partial charge in [-0.3, -0.25) is 4.79 Å². The fraction of sp³-hybridized carbons (Fsp3) is 0.333. The third kappa shape index (κ3) is 10.7. The fourth-order valence-corrected chi connectivity index (χ4v) is 3.32. The summed E-state index contributed by atoms with van der Waals surface area (Å²) in [6.45, 7) is 19.2. The number of carbonyl (C=O) groups is 2. The number of ether oxygens (including phenoxy) is 2. The summed E-state index contributed by atoms with van der Waals surface area (Å²) in [5.41, 5.74) is 1.71. The molecule has 0 radical (unpaired) electrons. The van der Waals surface area contributed by atoms with Gasteiger partial charge in [0, 0.05) is 34.5 Å². The normalized spacial score (nSPS) is 10.8. The van der Waals surface area contributed by atoms with Crippen molar-refractivity contribution < 1.29 is 37.3 Å². The van der Waals surface area contributed by atoms with Gasteiger partial charge in [0.05, 0.1) is 5.52 Å². The molecule has 214 valence electrons. The smallest absolute Gasteiger partial charge is 0.479 e. The van der Waals surface area contributed by atoms with E-state index < -0.39 is 24.2 Å². The van der Waals surface area contributed by atoms with E-state index in [-0.39, 0.29) is 11.5 Å². The number of carbonyl (C=O) groups excluding carboxylic acids is 1. The largest absolute Gasteiger partial charge is 0.573 e. The summed E-state index contributed by atoms with van der Waals surface area (Å²) < 4.78 is 49.0. The highest BCUT2D eigenvalue weighted by Crippen LogP contribution is 2.34. The topological polar surface area (TPSA) is 77.8 Å². The number of allylic oxidation sites excluding steroid dienone is 2. The first-order valence-electron chi connectivity index (χ1n) is 12.4. The molecule has 0 spiro atoms. The number of carboxylic acid groups (broad SMARTS) is 1. The quantitative estimate of drug-likeness (QED) is 0.236. The predicted molar refractivity (Wildman–Crippen MR) is 150 cm³/mol. The van der Waals surface area contributed by atoms with Crippen LogP contribution in [-0.2, 0) is 4.79 Å². The average Bonchev–Trinajstić information content (AvgIpc) is 3.16. The molecule has 0 amide bonds. The number of nitrogens with zero attached hydrogens (tertiary/aromatic N) is 1. The van der Waals surface area contributed by atoms with Crippen LogP contribution in [0.5, 0.6) is 11.5 Å². The molecular formula is C30H38F3NO5. The zero-order chi connectivity index (χ0) is 30.3. The number of fused-ring (bicyclic) bond motifs is 1. The molecule has 6 nitrogen and oxygen atoms in total. The van der Waals surface area contributed by atoms with E-state index in [1.165, 1.54) is 26.0 Å². The maximum absolute atomic E-state index is 12.7. The fourth-order valence-electron chi connectivity index (χ4n) is 3.32. The average molecular weight is 550 g/mol. The molecule has 0 saturated heterocycles. The van der Waals surface area contributed by atoms with Crippen LogP contribution in [-0.4, -0.2) is 33.9 Å². The van der Waals surface area contributed by atoms with Gasteiger partial charge in [-0.2, -0.15) is 0 Å². The van der Waals surface area contributed by atoms with E-state index in [9.17, 15) is 22.8 Å². The molecule has 2 aromatic carbocycles. The van der Waals surface area contributed by atoms with Crippen LogP contribution < -0.4 is 9.47 Å². The van der Waals surface area contributed by atoms with Crippen LogP contribution in [0.25, 0.3) is 16.6 Å².